The van der Waals surface area contributed by atoms with E-state index < -0.39 is 0 Å². The molecule has 0 radical (unpaired) electrons. The predicted molar refractivity (Wildman–Crippen MR) is 70.1 cm³/mol. The minimum absolute atomic E-state index is 0.0821. The molecular weight excluding hydrogens is 252 g/mol. The molecule has 2 heterocycles. The summed E-state index contributed by atoms with van der Waals surface area (Å²) in [6, 6.07) is 0. The molecule has 1 aromatic heterocycles. The van der Waals surface area contributed by atoms with Crippen LogP contribution < -0.4 is 10.6 Å². The molecule has 1 amide bonds. The van der Waals surface area contributed by atoms with E-state index in [1.807, 2.05) is 0 Å². The summed E-state index contributed by atoms with van der Waals surface area (Å²) in [5.74, 6) is -0.171. The van der Waals surface area contributed by atoms with Gasteiger partial charge in [0.1, 0.15) is 5.69 Å². The van der Waals surface area contributed by atoms with Crippen LogP contribution in [0.15, 0.2) is 5.38 Å². The first-order chi connectivity index (χ1) is 8.65. The lowest BCUT2D eigenvalue weighted by molar-refractivity contribution is -0.117. The molecule has 1 aliphatic rings. The van der Waals surface area contributed by atoms with E-state index in [0.29, 0.717) is 17.4 Å². The molecule has 6 nitrogen and oxygen atoms in total. The van der Waals surface area contributed by atoms with Gasteiger partial charge in [-0.3, -0.25) is 14.5 Å². The fraction of sp³-hybridized carbons (Fsp3) is 0.545. The highest BCUT2D eigenvalue weighted by Gasteiger charge is 2.15. The third kappa shape index (κ3) is 3.59. The second-order valence-corrected chi connectivity index (χ2v) is 5.03. The van der Waals surface area contributed by atoms with E-state index in [-0.39, 0.29) is 11.7 Å². The molecule has 0 aliphatic carbocycles. The monoisotopic (exact) mass is 268 g/mol. The Morgan fingerprint density at radius 3 is 2.83 bits per heavy atom. The summed E-state index contributed by atoms with van der Waals surface area (Å²) >= 11 is 1.27. The van der Waals surface area contributed by atoms with E-state index in [4.69, 9.17) is 0 Å². The van der Waals surface area contributed by atoms with Gasteiger partial charge in [0.15, 0.2) is 10.9 Å². The van der Waals surface area contributed by atoms with Crippen molar-refractivity contribution in [2.75, 3.05) is 38.0 Å². The van der Waals surface area contributed by atoms with Gasteiger partial charge in [0.25, 0.3) is 0 Å². The zero-order valence-electron chi connectivity index (χ0n) is 10.2. The Kier molecular flexibility index (Phi) is 4.40. The maximum absolute atomic E-state index is 11.8. The molecule has 2 rings (SSSR count). The summed E-state index contributed by atoms with van der Waals surface area (Å²) in [5, 5.41) is 8.09. The average molecular weight is 268 g/mol. The van der Waals surface area contributed by atoms with Crippen LogP contribution in [0, 0.1) is 0 Å². The van der Waals surface area contributed by atoms with Crippen molar-refractivity contribution >= 4 is 28.2 Å². The number of piperazine rings is 1. The normalized spacial score (nSPS) is 16.5. The first kappa shape index (κ1) is 13.1. The van der Waals surface area contributed by atoms with Crippen molar-refractivity contribution in [1.29, 1.82) is 0 Å². The summed E-state index contributed by atoms with van der Waals surface area (Å²) in [4.78, 5) is 29.0. The van der Waals surface area contributed by atoms with Gasteiger partial charge in [-0.15, -0.1) is 11.3 Å². The van der Waals surface area contributed by atoms with E-state index in [2.05, 4.69) is 20.5 Å². The molecule has 0 unspecified atom stereocenters. The van der Waals surface area contributed by atoms with E-state index >= 15 is 0 Å². The van der Waals surface area contributed by atoms with Crippen LogP contribution in [0.25, 0.3) is 0 Å². The van der Waals surface area contributed by atoms with Gasteiger partial charge >= 0.3 is 0 Å². The maximum Gasteiger partial charge on any atom is 0.240 e. The minimum Gasteiger partial charge on any atom is -0.314 e. The van der Waals surface area contributed by atoms with Gasteiger partial charge in [0.05, 0.1) is 6.54 Å². The number of Topliss-reactive ketones (excluding diaryl/α,β-unsaturated/α-hetero) is 1. The summed E-state index contributed by atoms with van der Waals surface area (Å²) in [5.41, 5.74) is 0.400. The molecule has 2 N–H and O–H groups in total. The third-order valence-electron chi connectivity index (χ3n) is 2.69. The number of hydrogen-bond acceptors (Lipinski definition) is 6. The fourth-order valence-electron chi connectivity index (χ4n) is 1.72. The van der Waals surface area contributed by atoms with Gasteiger partial charge in [-0.2, -0.15) is 0 Å². The molecule has 7 heteroatoms. The molecule has 1 aromatic rings. The van der Waals surface area contributed by atoms with Gasteiger partial charge in [-0.05, 0) is 0 Å². The van der Waals surface area contributed by atoms with E-state index in [9.17, 15) is 9.59 Å². The van der Waals surface area contributed by atoms with Crippen molar-refractivity contribution in [2.24, 2.45) is 0 Å². The predicted octanol–water partition coefficient (Wildman–Crippen LogP) is 0.189. The standard InChI is InChI=1S/C11H16N4O2S/c1-8(16)9-7-18-11(13-9)14-10(17)6-15-4-2-12-3-5-15/h7,12H,2-6H2,1H3,(H,13,14,17). The number of thiazole rings is 1. The van der Waals surface area contributed by atoms with Crippen LogP contribution in [0.1, 0.15) is 17.4 Å². The number of nitrogens with one attached hydrogen (secondary N) is 2. The van der Waals surface area contributed by atoms with Gasteiger partial charge in [-0.1, -0.05) is 0 Å². The van der Waals surface area contributed by atoms with Crippen LogP contribution in [0.3, 0.4) is 0 Å². The van der Waals surface area contributed by atoms with Gasteiger partial charge in [0, 0.05) is 38.5 Å². The van der Waals surface area contributed by atoms with Crippen LogP contribution >= 0.6 is 11.3 Å². The number of ketones is 1. The van der Waals surface area contributed by atoms with Crippen molar-refractivity contribution < 1.29 is 9.59 Å². The van der Waals surface area contributed by atoms with Gasteiger partial charge < -0.3 is 10.6 Å². The van der Waals surface area contributed by atoms with Crippen molar-refractivity contribution in [2.45, 2.75) is 6.92 Å². The van der Waals surface area contributed by atoms with E-state index in [0.717, 1.165) is 26.2 Å². The number of hydrogen-bond donors (Lipinski definition) is 2. The van der Waals surface area contributed by atoms with Crippen molar-refractivity contribution in [1.82, 2.24) is 15.2 Å². The zero-order chi connectivity index (χ0) is 13.0. The first-order valence-corrected chi connectivity index (χ1v) is 6.72. The Morgan fingerprint density at radius 1 is 1.50 bits per heavy atom. The largest absolute Gasteiger partial charge is 0.314 e. The number of amides is 1. The highest BCUT2D eigenvalue weighted by molar-refractivity contribution is 7.14. The highest BCUT2D eigenvalue weighted by atomic mass is 32.1. The number of nitrogens with zero attached hydrogens (tertiary/aromatic N) is 2. The highest BCUT2D eigenvalue weighted by Crippen LogP contribution is 2.15. The molecule has 1 saturated heterocycles. The molecule has 0 bridgehead atoms. The third-order valence-corrected chi connectivity index (χ3v) is 3.45. The topological polar surface area (TPSA) is 74.3 Å². The molecule has 18 heavy (non-hydrogen) atoms. The Labute approximate surface area is 109 Å². The Balaban J connectivity index is 1.84. The van der Waals surface area contributed by atoms with Crippen LogP contribution in [0.4, 0.5) is 5.13 Å². The second kappa shape index (κ2) is 6.03. The number of aromatic nitrogens is 1. The Morgan fingerprint density at radius 2 is 2.22 bits per heavy atom. The maximum atomic E-state index is 11.8. The lowest BCUT2D eigenvalue weighted by Gasteiger charge is -2.26. The van der Waals surface area contributed by atoms with Crippen LogP contribution in [0.2, 0.25) is 0 Å². The molecule has 0 atom stereocenters. The molecule has 1 aliphatic heterocycles. The van der Waals surface area contributed by atoms with Crippen LogP contribution in [-0.2, 0) is 4.79 Å². The summed E-state index contributed by atoms with van der Waals surface area (Å²) < 4.78 is 0. The summed E-state index contributed by atoms with van der Waals surface area (Å²) in [6.07, 6.45) is 0. The van der Waals surface area contributed by atoms with Crippen LogP contribution in [0.5, 0.6) is 0 Å². The fourth-order valence-corrected chi connectivity index (χ4v) is 2.49. The van der Waals surface area contributed by atoms with Gasteiger partial charge in [-0.25, -0.2) is 4.98 Å². The second-order valence-electron chi connectivity index (χ2n) is 4.17. The number of anilines is 1. The van der Waals surface area contributed by atoms with Crippen molar-refractivity contribution in [3.63, 3.8) is 0 Å². The smallest absolute Gasteiger partial charge is 0.240 e. The molecule has 0 saturated carbocycles. The summed E-state index contributed by atoms with van der Waals surface area (Å²) in [7, 11) is 0. The lowest BCUT2D eigenvalue weighted by atomic mass is 10.3. The molecule has 98 valence electrons. The minimum atomic E-state index is -0.0890. The lowest BCUT2D eigenvalue weighted by Crippen LogP contribution is -2.46. The Hall–Kier alpha value is -1.31. The first-order valence-electron chi connectivity index (χ1n) is 5.84. The van der Waals surface area contributed by atoms with Gasteiger partial charge in [0.2, 0.25) is 5.91 Å². The number of rotatable bonds is 4. The number of carbonyl (C=O) groups excluding carboxylic acids is 2. The average Bonchev–Trinajstić information content (AvgIpc) is 2.78. The quantitative estimate of drug-likeness (QED) is 0.763. The SMILES string of the molecule is CC(=O)c1csc(NC(=O)CN2CCNCC2)n1. The number of carbonyl (C=O) groups is 2. The molecule has 0 aromatic carbocycles. The summed E-state index contributed by atoms with van der Waals surface area (Å²) in [6.45, 7) is 5.42. The molecular formula is C11H16N4O2S. The molecule has 0 spiro atoms. The van der Waals surface area contributed by atoms with Crippen LogP contribution in [-0.4, -0.2) is 54.3 Å². The van der Waals surface area contributed by atoms with E-state index in [1.54, 1.807) is 5.38 Å². The zero-order valence-corrected chi connectivity index (χ0v) is 11.0. The Bertz CT molecular complexity index is 440. The van der Waals surface area contributed by atoms with E-state index in [1.165, 1.54) is 18.3 Å². The van der Waals surface area contributed by atoms with Crippen molar-refractivity contribution in [3.8, 4) is 0 Å². The van der Waals surface area contributed by atoms with Crippen molar-refractivity contribution in [3.05, 3.63) is 11.1 Å². The molecule has 1 fully saturated rings.